The molecule has 1 N–H and O–H groups in total. The van der Waals surface area contributed by atoms with Crippen LogP contribution in [0.5, 0.6) is 0 Å². The minimum absolute atomic E-state index is 0.0480. The number of aromatic nitrogens is 2. The van der Waals surface area contributed by atoms with Crippen LogP contribution in [0.2, 0.25) is 0 Å². The summed E-state index contributed by atoms with van der Waals surface area (Å²) < 4.78 is 7.34. The summed E-state index contributed by atoms with van der Waals surface area (Å²) in [5, 5.41) is 8.32. The van der Waals surface area contributed by atoms with Crippen LogP contribution in [0, 0.1) is 5.92 Å². The average molecular weight is 346 g/mol. The molecule has 1 atom stereocenters. The van der Waals surface area contributed by atoms with Gasteiger partial charge in [-0.15, -0.1) is 6.58 Å². The van der Waals surface area contributed by atoms with E-state index in [1.165, 1.54) is 5.69 Å². The van der Waals surface area contributed by atoms with Crippen LogP contribution in [0.15, 0.2) is 12.7 Å². The van der Waals surface area contributed by atoms with Crippen molar-refractivity contribution < 1.29 is 9.53 Å². The molecule has 2 heterocycles. The Morgan fingerprint density at radius 3 is 2.88 bits per heavy atom. The van der Waals surface area contributed by atoms with E-state index in [4.69, 9.17) is 4.74 Å². The van der Waals surface area contributed by atoms with E-state index in [0.29, 0.717) is 50.5 Å². The number of ether oxygens (including phenoxy) is 1. The molecule has 0 radical (unpaired) electrons. The van der Waals surface area contributed by atoms with Crippen LogP contribution in [0.3, 0.4) is 0 Å². The van der Waals surface area contributed by atoms with Crippen LogP contribution < -0.4 is 5.32 Å². The summed E-state index contributed by atoms with van der Waals surface area (Å²) in [5.41, 5.74) is 2.97. The summed E-state index contributed by atoms with van der Waals surface area (Å²) in [6.07, 6.45) is 4.78. The van der Waals surface area contributed by atoms with Crippen molar-refractivity contribution in [3.63, 3.8) is 0 Å². The molecule has 1 unspecified atom stereocenters. The number of carbonyl (C=O) groups is 1. The average Bonchev–Trinajstić information content (AvgIpc) is 2.98. The maximum atomic E-state index is 13.0. The van der Waals surface area contributed by atoms with Crippen molar-refractivity contribution in [3.05, 3.63) is 29.6 Å². The van der Waals surface area contributed by atoms with Crippen LogP contribution in [-0.4, -0.2) is 59.5 Å². The minimum Gasteiger partial charge on any atom is -0.378 e. The van der Waals surface area contributed by atoms with Crippen molar-refractivity contribution in [1.29, 1.82) is 0 Å². The molecule has 0 bridgehead atoms. The molecule has 1 aliphatic carbocycles. The lowest BCUT2D eigenvalue weighted by molar-refractivity contribution is 0.0297. The second-order valence-corrected chi connectivity index (χ2v) is 7.39. The van der Waals surface area contributed by atoms with Crippen LogP contribution in [0.25, 0.3) is 0 Å². The molecule has 3 rings (SSSR count). The van der Waals surface area contributed by atoms with E-state index < -0.39 is 0 Å². The number of amides is 1. The molecule has 1 amide bonds. The van der Waals surface area contributed by atoms with E-state index in [1.54, 1.807) is 0 Å². The number of rotatable bonds is 6. The zero-order valence-electron chi connectivity index (χ0n) is 15.5. The van der Waals surface area contributed by atoms with Gasteiger partial charge in [0.05, 0.1) is 19.8 Å². The molecule has 0 saturated carbocycles. The standard InChI is InChI=1S/C19H30N4O2/c1-4-7-23-17-6-5-15(20-13-14(2)3)12-16(17)18(21-23)19(24)22-8-10-25-11-9-22/h4,14-15,20H,1,5-13H2,2-3H3. The van der Waals surface area contributed by atoms with E-state index >= 15 is 0 Å². The van der Waals surface area contributed by atoms with Crippen molar-refractivity contribution in [3.8, 4) is 0 Å². The molecule has 1 aliphatic heterocycles. The highest BCUT2D eigenvalue weighted by atomic mass is 16.5. The molecule has 2 aliphatic rings. The molecule has 6 nitrogen and oxygen atoms in total. The van der Waals surface area contributed by atoms with E-state index in [2.05, 4.69) is 30.8 Å². The Bertz CT molecular complexity index is 617. The molecule has 1 fully saturated rings. The molecule has 138 valence electrons. The first-order valence-electron chi connectivity index (χ1n) is 9.40. The number of nitrogens with zero attached hydrogens (tertiary/aromatic N) is 3. The number of nitrogens with one attached hydrogen (secondary N) is 1. The fourth-order valence-corrected chi connectivity index (χ4v) is 3.63. The third kappa shape index (κ3) is 4.12. The molecule has 1 aromatic rings. The van der Waals surface area contributed by atoms with Gasteiger partial charge in [0.2, 0.25) is 0 Å². The van der Waals surface area contributed by atoms with Gasteiger partial charge in [-0.25, -0.2) is 0 Å². The predicted molar refractivity (Wildman–Crippen MR) is 97.8 cm³/mol. The van der Waals surface area contributed by atoms with Crippen molar-refractivity contribution in [1.82, 2.24) is 20.0 Å². The van der Waals surface area contributed by atoms with Gasteiger partial charge >= 0.3 is 0 Å². The maximum Gasteiger partial charge on any atom is 0.274 e. The number of morpholine rings is 1. The van der Waals surface area contributed by atoms with E-state index in [9.17, 15) is 4.79 Å². The van der Waals surface area contributed by atoms with E-state index in [0.717, 1.165) is 31.4 Å². The Kier molecular flexibility index (Phi) is 5.91. The Morgan fingerprint density at radius 1 is 1.44 bits per heavy atom. The third-order valence-electron chi connectivity index (χ3n) is 4.96. The highest BCUT2D eigenvalue weighted by Gasteiger charge is 2.31. The zero-order chi connectivity index (χ0) is 17.8. The lowest BCUT2D eigenvalue weighted by Crippen LogP contribution is -2.42. The summed E-state index contributed by atoms with van der Waals surface area (Å²) in [7, 11) is 0. The molecule has 25 heavy (non-hydrogen) atoms. The fraction of sp³-hybridized carbons (Fsp3) is 0.684. The predicted octanol–water partition coefficient (Wildman–Crippen LogP) is 1.64. The number of hydrogen-bond acceptors (Lipinski definition) is 4. The smallest absolute Gasteiger partial charge is 0.274 e. The third-order valence-corrected chi connectivity index (χ3v) is 4.96. The van der Waals surface area contributed by atoms with Crippen LogP contribution in [0.4, 0.5) is 0 Å². The van der Waals surface area contributed by atoms with Crippen LogP contribution in [-0.2, 0) is 24.1 Å². The highest BCUT2D eigenvalue weighted by Crippen LogP contribution is 2.26. The van der Waals surface area contributed by atoms with Gasteiger partial charge in [-0.2, -0.15) is 5.10 Å². The Labute approximate surface area is 150 Å². The summed E-state index contributed by atoms with van der Waals surface area (Å²) in [6.45, 7) is 12.5. The first-order valence-corrected chi connectivity index (χ1v) is 9.40. The zero-order valence-corrected chi connectivity index (χ0v) is 15.5. The minimum atomic E-state index is 0.0480. The monoisotopic (exact) mass is 346 g/mol. The summed E-state index contributed by atoms with van der Waals surface area (Å²) in [5.74, 6) is 0.672. The topological polar surface area (TPSA) is 59.4 Å². The molecule has 1 saturated heterocycles. The lowest BCUT2D eigenvalue weighted by atomic mass is 9.90. The van der Waals surface area contributed by atoms with Gasteiger partial charge in [0.15, 0.2) is 5.69 Å². The first kappa shape index (κ1) is 18.1. The summed E-state index contributed by atoms with van der Waals surface area (Å²) >= 11 is 0. The van der Waals surface area contributed by atoms with Gasteiger partial charge in [-0.3, -0.25) is 9.48 Å². The molecular weight excluding hydrogens is 316 g/mol. The van der Waals surface area contributed by atoms with Gasteiger partial charge in [0.25, 0.3) is 5.91 Å². The Balaban J connectivity index is 1.83. The van der Waals surface area contributed by atoms with Gasteiger partial charge < -0.3 is 15.0 Å². The van der Waals surface area contributed by atoms with Crippen molar-refractivity contribution in [2.75, 3.05) is 32.8 Å². The van der Waals surface area contributed by atoms with E-state index in [-0.39, 0.29) is 5.91 Å². The fourth-order valence-electron chi connectivity index (χ4n) is 3.63. The second-order valence-electron chi connectivity index (χ2n) is 7.39. The molecule has 0 spiro atoms. The number of allylic oxidation sites excluding steroid dienone is 1. The Morgan fingerprint density at radius 2 is 2.20 bits per heavy atom. The molecular formula is C19H30N4O2. The molecule has 0 aromatic carbocycles. The van der Waals surface area contributed by atoms with Gasteiger partial charge in [-0.05, 0) is 31.7 Å². The lowest BCUT2D eigenvalue weighted by Gasteiger charge is -2.28. The van der Waals surface area contributed by atoms with Crippen molar-refractivity contribution >= 4 is 5.91 Å². The van der Waals surface area contributed by atoms with Gasteiger partial charge in [-0.1, -0.05) is 19.9 Å². The normalized spacial score (nSPS) is 20.6. The molecule has 6 heteroatoms. The van der Waals surface area contributed by atoms with Crippen molar-refractivity contribution in [2.24, 2.45) is 5.92 Å². The van der Waals surface area contributed by atoms with Crippen molar-refractivity contribution in [2.45, 2.75) is 45.7 Å². The van der Waals surface area contributed by atoms with E-state index in [1.807, 2.05) is 15.7 Å². The van der Waals surface area contributed by atoms with Crippen LogP contribution in [0.1, 0.15) is 42.0 Å². The summed E-state index contributed by atoms with van der Waals surface area (Å²) in [6, 6.07) is 0.424. The number of carbonyl (C=O) groups excluding carboxylic acids is 1. The van der Waals surface area contributed by atoms with Gasteiger partial charge in [0, 0.05) is 30.4 Å². The second kappa shape index (κ2) is 8.15. The SMILES string of the molecule is C=CCn1nc(C(=O)N2CCOCC2)c2c1CCC(NCC(C)C)C2. The molecule has 1 aromatic heterocycles. The largest absolute Gasteiger partial charge is 0.378 e. The highest BCUT2D eigenvalue weighted by molar-refractivity contribution is 5.94. The Hall–Kier alpha value is -1.66. The quantitative estimate of drug-likeness (QED) is 0.796. The van der Waals surface area contributed by atoms with Crippen LogP contribution >= 0.6 is 0 Å². The van der Waals surface area contributed by atoms with Gasteiger partial charge in [0.1, 0.15) is 0 Å². The number of hydrogen-bond donors (Lipinski definition) is 1. The first-order chi connectivity index (χ1) is 12.1. The maximum absolute atomic E-state index is 13.0. The summed E-state index contributed by atoms with van der Waals surface area (Å²) in [4.78, 5) is 14.9. The number of fused-ring (bicyclic) bond motifs is 1.